The Bertz CT molecular complexity index is 580. The van der Waals surface area contributed by atoms with Gasteiger partial charge in [-0.1, -0.05) is 0 Å². The summed E-state index contributed by atoms with van der Waals surface area (Å²) in [5.74, 6) is 0. The molecule has 0 aromatic rings. The summed E-state index contributed by atoms with van der Waals surface area (Å²) < 4.78 is 63.5. The molecule has 29 heavy (non-hydrogen) atoms. The first kappa shape index (κ1) is 41.6. The van der Waals surface area contributed by atoms with E-state index in [1.807, 2.05) is 0 Å². The quantitative estimate of drug-likeness (QED) is 0.208. The number of hydrogen-bond donors (Lipinski definition) is 0. The van der Waals surface area contributed by atoms with E-state index in [1.165, 1.54) is 0 Å². The van der Waals surface area contributed by atoms with Crippen LogP contribution in [-0.2, 0) is 40.3 Å². The van der Waals surface area contributed by atoms with E-state index in [2.05, 4.69) is 12.9 Å². The molecular weight excluding hydrogens is 570 g/mol. The maximum atomic E-state index is 9.32. The van der Waals surface area contributed by atoms with Crippen LogP contribution in [-0.4, -0.2) is 46.1 Å². The van der Waals surface area contributed by atoms with Crippen LogP contribution in [0, 0.1) is 0 Å². The summed E-state index contributed by atoms with van der Waals surface area (Å²) in [6, 6.07) is 0. The van der Waals surface area contributed by atoms with Crippen LogP contribution in [0.5, 0.6) is 0 Å². The molecule has 0 bridgehead atoms. The van der Waals surface area contributed by atoms with Crippen molar-refractivity contribution in [2.24, 2.45) is 0 Å². The first-order valence-corrected chi connectivity index (χ1v) is 13.1. The smallest absolute Gasteiger partial charge is 0.790 e. The van der Waals surface area contributed by atoms with E-state index in [9.17, 15) is 86.1 Å². The van der Waals surface area contributed by atoms with Gasteiger partial charge < -0.3 is 99.0 Å². The van der Waals surface area contributed by atoms with Crippen LogP contribution in [0.15, 0.2) is 0 Å². The Kier molecular flexibility index (Phi) is 21.9. The standard InChI is InChI=1S/2Mg.3H4O7P2/c;;3*1-8(2,3)7-9(4,5)6/h;;3*(H2,1,2,3)(H2,4,5,6)/q2*+2;;;/p-4. The average Bonchev–Trinajstić information content (AvgIpc) is 1.96. The molecule has 168 valence electrons. The summed E-state index contributed by atoms with van der Waals surface area (Å²) in [5.41, 5.74) is 0. The van der Waals surface area contributed by atoms with Gasteiger partial charge in [0.25, 0.3) is 0 Å². The first-order chi connectivity index (χ1) is 11.1. The van der Waals surface area contributed by atoms with E-state index in [0.717, 1.165) is 0 Å². The molecular formula is H8Mg2O21P6. The fourth-order valence-electron chi connectivity index (χ4n) is 0.367. The maximum absolute atomic E-state index is 9.32. The molecule has 0 aliphatic rings. The molecule has 0 rings (SSSR count). The summed E-state index contributed by atoms with van der Waals surface area (Å²) in [6.07, 6.45) is 0. The third-order valence-electron chi connectivity index (χ3n) is 0.600. The predicted molar refractivity (Wildman–Crippen MR) is 69.3 cm³/mol. The molecule has 0 spiro atoms. The molecule has 0 aromatic heterocycles. The topological polar surface area (TPSA) is 407 Å². The maximum Gasteiger partial charge on any atom is 2.00 e. The average molecular weight is 578 g/mol. The normalized spacial score (nSPS) is 12.8. The molecule has 21 nitrogen and oxygen atoms in total. The van der Waals surface area contributed by atoms with Crippen molar-refractivity contribution in [1.29, 1.82) is 0 Å². The van der Waals surface area contributed by atoms with Crippen molar-refractivity contribution in [3.63, 3.8) is 0 Å². The molecule has 0 saturated carbocycles. The van der Waals surface area contributed by atoms with Crippen molar-refractivity contribution >= 4 is 93.0 Å². The van der Waals surface area contributed by atoms with Crippen molar-refractivity contribution < 1.29 is 110 Å². The second kappa shape index (κ2) is 15.3. The molecule has 0 saturated heterocycles. The van der Waals surface area contributed by atoms with Crippen LogP contribution in [0.1, 0.15) is 11.4 Å². The summed E-state index contributed by atoms with van der Waals surface area (Å²) in [6.45, 7) is 0. The molecule has 0 atom stereocenters. The van der Waals surface area contributed by atoms with Gasteiger partial charge in [0.15, 0.2) is 0 Å². The first-order valence-electron chi connectivity index (χ1n) is 4.38. The zero-order valence-electron chi connectivity index (χ0n) is 20.7. The molecule has 0 aromatic carbocycles. The van der Waals surface area contributed by atoms with E-state index in [0.29, 0.717) is 0 Å². The Hall–Kier alpha value is 2.31. The van der Waals surface area contributed by atoms with E-state index < -0.39 is 46.9 Å². The van der Waals surface area contributed by atoms with E-state index >= 15 is 0 Å². The molecule has 0 fully saturated rings. The van der Waals surface area contributed by atoms with E-state index in [1.54, 1.807) is 0 Å². The van der Waals surface area contributed by atoms with Gasteiger partial charge in [0, 0.05) is 0 Å². The van der Waals surface area contributed by atoms with Gasteiger partial charge in [-0.05, 0) is 0 Å². The van der Waals surface area contributed by atoms with Gasteiger partial charge >= 0.3 is 57.5 Å². The Labute approximate surface area is 203 Å². The van der Waals surface area contributed by atoms with Gasteiger partial charge in [-0.3, -0.25) is 0 Å². The van der Waals surface area contributed by atoms with Gasteiger partial charge in [0.05, 0.1) is 46.9 Å². The van der Waals surface area contributed by atoms with Crippen LogP contribution in [0.25, 0.3) is 0 Å². The molecule has 0 N–H and O–H groups in total. The molecule has 0 amide bonds. The molecule has 0 aliphatic carbocycles. The Balaban J connectivity index is -0.0000000187. The van der Waals surface area contributed by atoms with Gasteiger partial charge in [-0.25, -0.2) is 0 Å². The Morgan fingerprint density at radius 1 is 0.345 bits per heavy atom. The van der Waals surface area contributed by atoms with Crippen molar-refractivity contribution in [1.82, 2.24) is 0 Å². The molecule has 0 aliphatic heterocycles. The summed E-state index contributed by atoms with van der Waals surface area (Å²) in [4.78, 5) is 112. The van der Waals surface area contributed by atoms with E-state index in [4.69, 9.17) is 0 Å². The van der Waals surface area contributed by atoms with Crippen LogP contribution in [0.4, 0.5) is 0 Å². The molecule has 29 heteroatoms. The van der Waals surface area contributed by atoms with Gasteiger partial charge in [-0.2, -0.15) is 0 Å². The van der Waals surface area contributed by atoms with Crippen molar-refractivity contribution in [3.8, 4) is 0 Å². The van der Waals surface area contributed by atoms with Crippen LogP contribution < -0.4 is 58.7 Å². The number of rotatable bonds is 6. The minimum atomic E-state index is -5.68. The second-order valence-corrected chi connectivity index (χ2v) is 10.3. The predicted octanol–water partition coefficient (Wildman–Crippen LogP) is -9.88. The Morgan fingerprint density at radius 3 is 0.414 bits per heavy atom. The van der Waals surface area contributed by atoms with Gasteiger partial charge in [0.1, 0.15) is 0 Å². The molecule has 0 heterocycles. The molecule has 0 unspecified atom stereocenters. The van der Waals surface area contributed by atoms with Crippen molar-refractivity contribution in [2.75, 3.05) is 0 Å². The summed E-state index contributed by atoms with van der Waals surface area (Å²) in [5, 5.41) is 0. The van der Waals surface area contributed by atoms with Gasteiger partial charge in [-0.15, -0.1) is 0 Å². The SMILES string of the molecule is O=P([O-])([O-])OP(=O)([O-])[O-].O=P([O-])([O-])OP(=O)([O-])[O-].O=P([O-])([O-])OP(=O)([O-])[O-].[H+].[H+].[H+].[H+].[H+].[H+].[H+].[H+].[Mg+2].[Mg+2]. The zero-order chi connectivity index (χ0) is 23.1. The minimum Gasteiger partial charge on any atom is -0.790 e. The van der Waals surface area contributed by atoms with Crippen LogP contribution in [0.3, 0.4) is 0 Å². The number of hydrogen-bond acceptors (Lipinski definition) is 21. The zero-order valence-corrected chi connectivity index (χ0v) is 20.9. The number of phosphoric acid groups is 6. The van der Waals surface area contributed by atoms with Crippen LogP contribution >= 0.6 is 46.9 Å². The Morgan fingerprint density at radius 2 is 0.414 bits per heavy atom. The van der Waals surface area contributed by atoms with Crippen molar-refractivity contribution in [2.45, 2.75) is 0 Å². The fraction of sp³-hybridized carbons (Fsp3) is 0. The van der Waals surface area contributed by atoms with Crippen molar-refractivity contribution in [3.05, 3.63) is 0 Å². The minimum absolute atomic E-state index is 0. The van der Waals surface area contributed by atoms with E-state index in [-0.39, 0.29) is 57.5 Å². The molecule has 0 radical (unpaired) electrons. The summed E-state index contributed by atoms with van der Waals surface area (Å²) >= 11 is 0. The monoisotopic (exact) mass is 578 g/mol. The fourth-order valence-corrected chi connectivity index (χ4v) is 3.31. The van der Waals surface area contributed by atoms with Crippen LogP contribution in [0.2, 0.25) is 0 Å². The van der Waals surface area contributed by atoms with Gasteiger partial charge in [0.2, 0.25) is 0 Å². The third-order valence-corrected chi connectivity index (χ3v) is 5.40. The summed E-state index contributed by atoms with van der Waals surface area (Å²) in [7, 11) is -34.1. The second-order valence-electron chi connectivity index (χ2n) is 2.93. The third kappa shape index (κ3) is 58.9. The largest absolute Gasteiger partial charge is 2.00 e.